The van der Waals surface area contributed by atoms with Crippen LogP contribution in [0.15, 0.2) is 22.7 Å². The molecule has 0 aliphatic heterocycles. The quantitative estimate of drug-likeness (QED) is 0.872. The van der Waals surface area contributed by atoms with Gasteiger partial charge >= 0.3 is 0 Å². The number of hydrogen-bond donors (Lipinski definition) is 1. The molecule has 0 aromatic heterocycles. The zero-order chi connectivity index (χ0) is 12.3. The van der Waals surface area contributed by atoms with Crippen LogP contribution >= 0.6 is 27.5 Å². The van der Waals surface area contributed by atoms with E-state index in [0.717, 1.165) is 4.47 Å². The van der Waals surface area contributed by atoms with Crippen LogP contribution in [0.4, 0.5) is 0 Å². The molecule has 1 rings (SSSR count). The van der Waals surface area contributed by atoms with Crippen LogP contribution in [-0.4, -0.2) is 34.9 Å². The van der Waals surface area contributed by atoms with Crippen molar-refractivity contribution in [3.63, 3.8) is 0 Å². The van der Waals surface area contributed by atoms with E-state index in [1.807, 2.05) is 6.92 Å². The van der Waals surface area contributed by atoms with E-state index in [4.69, 9.17) is 11.6 Å². The molecular formula is C11H13BrClNO2. The minimum Gasteiger partial charge on any atom is -0.507 e. The van der Waals surface area contributed by atoms with Crippen LogP contribution in [-0.2, 0) is 0 Å². The Morgan fingerprint density at radius 2 is 2.25 bits per heavy atom. The Kier molecular flexibility index (Phi) is 4.62. The van der Waals surface area contributed by atoms with Crippen LogP contribution in [0, 0.1) is 0 Å². The van der Waals surface area contributed by atoms with Crippen molar-refractivity contribution in [2.24, 2.45) is 0 Å². The maximum absolute atomic E-state index is 11.9. The van der Waals surface area contributed by atoms with Gasteiger partial charge in [-0.15, -0.1) is 11.6 Å². The van der Waals surface area contributed by atoms with Gasteiger partial charge in [0.2, 0.25) is 0 Å². The lowest BCUT2D eigenvalue weighted by Crippen LogP contribution is -2.31. The Bertz CT molecular complexity index is 396. The molecule has 0 fully saturated rings. The Hall–Kier alpha value is -0.740. The largest absolute Gasteiger partial charge is 0.507 e. The zero-order valence-corrected chi connectivity index (χ0v) is 11.4. The van der Waals surface area contributed by atoms with Crippen LogP contribution < -0.4 is 0 Å². The molecule has 0 radical (unpaired) electrons. The summed E-state index contributed by atoms with van der Waals surface area (Å²) in [4.78, 5) is 13.4. The molecule has 0 bridgehead atoms. The lowest BCUT2D eigenvalue weighted by Gasteiger charge is -2.19. The Morgan fingerprint density at radius 1 is 1.62 bits per heavy atom. The third-order valence-electron chi connectivity index (χ3n) is 2.06. The molecule has 1 atom stereocenters. The molecule has 1 aromatic rings. The third kappa shape index (κ3) is 3.39. The molecule has 1 aromatic carbocycles. The van der Waals surface area contributed by atoms with E-state index in [0.29, 0.717) is 6.54 Å². The summed E-state index contributed by atoms with van der Waals surface area (Å²) >= 11 is 9.07. The Morgan fingerprint density at radius 3 is 2.81 bits per heavy atom. The number of halogens is 2. The van der Waals surface area contributed by atoms with Crippen molar-refractivity contribution in [3.8, 4) is 5.75 Å². The molecule has 0 saturated heterocycles. The van der Waals surface area contributed by atoms with Gasteiger partial charge in [-0.2, -0.15) is 0 Å². The van der Waals surface area contributed by atoms with Gasteiger partial charge < -0.3 is 10.0 Å². The first kappa shape index (κ1) is 13.3. The summed E-state index contributed by atoms with van der Waals surface area (Å²) in [6, 6.07) is 4.75. The summed E-state index contributed by atoms with van der Waals surface area (Å²) in [6.45, 7) is 2.25. The number of phenolic OH excluding ortho intramolecular Hbond substituents is 1. The lowest BCUT2D eigenvalue weighted by atomic mass is 10.2. The Labute approximate surface area is 108 Å². The topological polar surface area (TPSA) is 40.5 Å². The number of aromatic hydroxyl groups is 1. The van der Waals surface area contributed by atoms with Crippen molar-refractivity contribution in [2.45, 2.75) is 12.3 Å². The van der Waals surface area contributed by atoms with E-state index >= 15 is 0 Å². The number of phenols is 1. The van der Waals surface area contributed by atoms with E-state index in [-0.39, 0.29) is 22.6 Å². The second-order valence-corrected chi connectivity index (χ2v) is 5.29. The normalized spacial score (nSPS) is 12.2. The molecule has 3 nitrogen and oxygen atoms in total. The highest BCUT2D eigenvalue weighted by atomic mass is 79.9. The van der Waals surface area contributed by atoms with Gasteiger partial charge in [-0.3, -0.25) is 4.79 Å². The van der Waals surface area contributed by atoms with Crippen molar-refractivity contribution >= 4 is 33.4 Å². The molecule has 0 heterocycles. The highest BCUT2D eigenvalue weighted by Gasteiger charge is 2.17. The van der Waals surface area contributed by atoms with Gasteiger partial charge in [-0.25, -0.2) is 0 Å². The van der Waals surface area contributed by atoms with Crippen LogP contribution in [0.5, 0.6) is 5.75 Å². The molecule has 1 N–H and O–H groups in total. The van der Waals surface area contributed by atoms with Crippen LogP contribution in [0.2, 0.25) is 0 Å². The molecule has 88 valence electrons. The summed E-state index contributed by atoms with van der Waals surface area (Å²) in [5, 5.41) is 9.47. The zero-order valence-electron chi connectivity index (χ0n) is 9.08. The minimum atomic E-state index is -0.244. The van der Waals surface area contributed by atoms with E-state index < -0.39 is 0 Å². The summed E-state index contributed by atoms with van der Waals surface area (Å²) in [5.41, 5.74) is 0.272. The highest BCUT2D eigenvalue weighted by Crippen LogP contribution is 2.23. The fourth-order valence-corrected chi connectivity index (χ4v) is 1.91. The number of hydrogen-bond acceptors (Lipinski definition) is 2. The van der Waals surface area contributed by atoms with Crippen molar-refractivity contribution < 1.29 is 9.90 Å². The average Bonchev–Trinajstić information content (AvgIpc) is 2.19. The average molecular weight is 307 g/mol. The number of benzene rings is 1. The van der Waals surface area contributed by atoms with E-state index in [2.05, 4.69) is 15.9 Å². The summed E-state index contributed by atoms with van der Waals surface area (Å²) in [6.07, 6.45) is 0. The van der Waals surface area contributed by atoms with Gasteiger partial charge in [0, 0.05) is 23.4 Å². The monoisotopic (exact) mass is 305 g/mol. The molecule has 16 heavy (non-hydrogen) atoms. The molecule has 0 saturated carbocycles. The standard InChI is InChI=1S/C11H13BrClNO2/c1-7(13)6-14(2)11(16)9-5-8(12)3-4-10(9)15/h3-5,7,15H,6H2,1-2H3. The first-order valence-electron chi connectivity index (χ1n) is 4.80. The number of amides is 1. The second-order valence-electron chi connectivity index (χ2n) is 3.63. The number of rotatable bonds is 3. The summed E-state index contributed by atoms with van der Waals surface area (Å²) in [5.74, 6) is -0.270. The lowest BCUT2D eigenvalue weighted by molar-refractivity contribution is 0.0793. The van der Waals surface area contributed by atoms with E-state index in [9.17, 15) is 9.90 Å². The molecule has 5 heteroatoms. The third-order valence-corrected chi connectivity index (χ3v) is 2.69. The second kappa shape index (κ2) is 5.55. The van der Waals surface area contributed by atoms with Crippen molar-refractivity contribution in [3.05, 3.63) is 28.2 Å². The van der Waals surface area contributed by atoms with E-state index in [1.54, 1.807) is 19.2 Å². The summed E-state index contributed by atoms with van der Waals surface area (Å²) < 4.78 is 0.751. The molecule has 0 spiro atoms. The first-order chi connectivity index (χ1) is 7.41. The van der Waals surface area contributed by atoms with Crippen LogP contribution in [0.25, 0.3) is 0 Å². The fraction of sp³-hybridized carbons (Fsp3) is 0.364. The van der Waals surface area contributed by atoms with Crippen LogP contribution in [0.1, 0.15) is 17.3 Å². The van der Waals surface area contributed by atoms with Crippen molar-refractivity contribution in [1.82, 2.24) is 4.90 Å². The van der Waals surface area contributed by atoms with Gasteiger partial charge in [-0.05, 0) is 25.1 Å². The van der Waals surface area contributed by atoms with Crippen LogP contribution in [0.3, 0.4) is 0 Å². The predicted molar refractivity (Wildman–Crippen MR) is 68.1 cm³/mol. The molecular weight excluding hydrogens is 293 g/mol. The highest BCUT2D eigenvalue weighted by molar-refractivity contribution is 9.10. The SMILES string of the molecule is CC(Cl)CN(C)C(=O)c1cc(Br)ccc1O. The van der Waals surface area contributed by atoms with Crippen molar-refractivity contribution in [2.75, 3.05) is 13.6 Å². The molecule has 0 aliphatic carbocycles. The fourth-order valence-electron chi connectivity index (χ4n) is 1.35. The predicted octanol–water partition coefficient (Wildman–Crippen LogP) is 2.85. The molecule has 1 amide bonds. The molecule has 1 unspecified atom stereocenters. The maximum Gasteiger partial charge on any atom is 0.257 e. The van der Waals surface area contributed by atoms with Gasteiger partial charge in [-0.1, -0.05) is 15.9 Å². The minimum absolute atomic E-state index is 0.0257. The van der Waals surface area contributed by atoms with E-state index in [1.165, 1.54) is 11.0 Å². The van der Waals surface area contributed by atoms with Gasteiger partial charge in [0.05, 0.1) is 5.56 Å². The number of carbonyl (C=O) groups is 1. The number of alkyl halides is 1. The van der Waals surface area contributed by atoms with Gasteiger partial charge in [0.1, 0.15) is 5.75 Å². The van der Waals surface area contributed by atoms with Gasteiger partial charge in [0.25, 0.3) is 5.91 Å². The number of nitrogens with zero attached hydrogens (tertiary/aromatic N) is 1. The smallest absolute Gasteiger partial charge is 0.257 e. The van der Waals surface area contributed by atoms with Crippen molar-refractivity contribution in [1.29, 1.82) is 0 Å². The maximum atomic E-state index is 11.9. The van der Waals surface area contributed by atoms with Gasteiger partial charge in [0.15, 0.2) is 0 Å². The number of carbonyl (C=O) groups excluding carboxylic acids is 1. The first-order valence-corrected chi connectivity index (χ1v) is 6.03. The summed E-state index contributed by atoms with van der Waals surface area (Å²) in [7, 11) is 1.65. The Balaban J connectivity index is 2.91. The molecule has 0 aliphatic rings.